The number of likely N-dealkylation sites (tertiary alicyclic amines) is 1. The summed E-state index contributed by atoms with van der Waals surface area (Å²) in [5.41, 5.74) is 6.86. The third kappa shape index (κ3) is 3.08. The lowest BCUT2D eigenvalue weighted by Gasteiger charge is -2.20. The van der Waals surface area contributed by atoms with E-state index in [-0.39, 0.29) is 10.9 Å². The summed E-state index contributed by atoms with van der Waals surface area (Å²) in [4.78, 5) is 2.46. The van der Waals surface area contributed by atoms with Crippen LogP contribution in [-0.2, 0) is 10.0 Å². The molecule has 19 heavy (non-hydrogen) atoms. The standard InChI is InChI=1S/C13H21N3O2S/c1-10-12(14)6-3-7-13(10)19(17,18)15-9-11-5-4-8-16(11)2/h3,6-7,11,15H,4-5,8-9,14H2,1-2H3. The fourth-order valence-corrected chi connectivity index (χ4v) is 3.79. The molecule has 2 rings (SSSR count). The van der Waals surface area contributed by atoms with Crippen LogP contribution in [0, 0.1) is 6.92 Å². The Morgan fingerprint density at radius 3 is 2.84 bits per heavy atom. The summed E-state index contributed by atoms with van der Waals surface area (Å²) in [6.07, 6.45) is 2.16. The normalized spacial score (nSPS) is 20.8. The number of nitrogen functional groups attached to an aromatic ring is 1. The van der Waals surface area contributed by atoms with Gasteiger partial charge in [0.2, 0.25) is 10.0 Å². The molecule has 0 spiro atoms. The number of nitrogens with two attached hydrogens (primary N) is 1. The van der Waals surface area contributed by atoms with Crippen LogP contribution in [0.5, 0.6) is 0 Å². The first-order valence-electron chi connectivity index (χ1n) is 6.47. The monoisotopic (exact) mass is 283 g/mol. The quantitative estimate of drug-likeness (QED) is 0.807. The van der Waals surface area contributed by atoms with Crippen molar-refractivity contribution in [1.29, 1.82) is 0 Å². The topological polar surface area (TPSA) is 75.4 Å². The Kier molecular flexibility index (Phi) is 4.13. The lowest BCUT2D eigenvalue weighted by Crippen LogP contribution is -2.38. The number of hydrogen-bond donors (Lipinski definition) is 2. The average molecular weight is 283 g/mol. The highest BCUT2D eigenvalue weighted by Gasteiger charge is 2.24. The Morgan fingerprint density at radius 2 is 2.21 bits per heavy atom. The minimum absolute atomic E-state index is 0.271. The SMILES string of the molecule is Cc1c(N)cccc1S(=O)(=O)NCC1CCCN1C. The summed E-state index contributed by atoms with van der Waals surface area (Å²) in [6.45, 7) is 3.21. The maximum absolute atomic E-state index is 12.3. The van der Waals surface area contributed by atoms with E-state index in [1.54, 1.807) is 25.1 Å². The lowest BCUT2D eigenvalue weighted by molar-refractivity contribution is 0.311. The van der Waals surface area contributed by atoms with Crippen LogP contribution >= 0.6 is 0 Å². The number of rotatable bonds is 4. The van der Waals surface area contributed by atoms with Crippen molar-refractivity contribution in [2.75, 3.05) is 25.9 Å². The number of benzene rings is 1. The van der Waals surface area contributed by atoms with Gasteiger partial charge in [-0.1, -0.05) is 6.07 Å². The Bertz CT molecular complexity index is 557. The molecule has 3 N–H and O–H groups in total. The molecule has 1 saturated heterocycles. The number of anilines is 1. The molecule has 0 amide bonds. The molecule has 1 aliphatic heterocycles. The van der Waals surface area contributed by atoms with Gasteiger partial charge in [-0.3, -0.25) is 0 Å². The first-order chi connectivity index (χ1) is 8.92. The summed E-state index contributed by atoms with van der Waals surface area (Å²) in [6, 6.07) is 5.25. The van der Waals surface area contributed by atoms with Crippen LogP contribution in [0.1, 0.15) is 18.4 Å². The molecule has 1 atom stereocenters. The number of hydrogen-bond acceptors (Lipinski definition) is 4. The van der Waals surface area contributed by atoms with Gasteiger partial charge in [0.05, 0.1) is 4.90 Å². The summed E-state index contributed by atoms with van der Waals surface area (Å²) in [5.74, 6) is 0. The van der Waals surface area contributed by atoms with Gasteiger partial charge in [0, 0.05) is 18.3 Å². The van der Waals surface area contributed by atoms with Crippen molar-refractivity contribution >= 4 is 15.7 Å². The average Bonchev–Trinajstić information content (AvgIpc) is 2.76. The first-order valence-corrected chi connectivity index (χ1v) is 7.95. The summed E-state index contributed by atoms with van der Waals surface area (Å²) in [5, 5.41) is 0. The van der Waals surface area contributed by atoms with Gasteiger partial charge in [-0.25, -0.2) is 13.1 Å². The van der Waals surface area contributed by atoms with Crippen molar-refractivity contribution in [2.45, 2.75) is 30.7 Å². The van der Waals surface area contributed by atoms with Gasteiger partial charge in [-0.2, -0.15) is 0 Å². The van der Waals surface area contributed by atoms with E-state index in [1.165, 1.54) is 0 Å². The zero-order valence-electron chi connectivity index (χ0n) is 11.4. The van der Waals surface area contributed by atoms with Crippen LogP contribution in [0.4, 0.5) is 5.69 Å². The van der Waals surface area contributed by atoms with Crippen LogP contribution in [0.15, 0.2) is 23.1 Å². The van der Waals surface area contributed by atoms with E-state index in [0.717, 1.165) is 19.4 Å². The molecule has 6 heteroatoms. The van der Waals surface area contributed by atoms with Crippen molar-refractivity contribution < 1.29 is 8.42 Å². The number of sulfonamides is 1. The fourth-order valence-electron chi connectivity index (χ4n) is 2.44. The van der Waals surface area contributed by atoms with Gasteiger partial charge in [0.1, 0.15) is 0 Å². The molecule has 1 aromatic carbocycles. The van der Waals surface area contributed by atoms with Crippen LogP contribution in [-0.4, -0.2) is 39.5 Å². The summed E-state index contributed by atoms with van der Waals surface area (Å²) >= 11 is 0. The van der Waals surface area contributed by atoms with Crippen LogP contribution in [0.2, 0.25) is 0 Å². The number of nitrogens with one attached hydrogen (secondary N) is 1. The van der Waals surface area contributed by atoms with Gasteiger partial charge in [0.15, 0.2) is 0 Å². The molecule has 1 unspecified atom stereocenters. The van der Waals surface area contributed by atoms with E-state index in [2.05, 4.69) is 9.62 Å². The Balaban J connectivity index is 2.12. The van der Waals surface area contributed by atoms with Gasteiger partial charge in [-0.15, -0.1) is 0 Å². The second-order valence-corrected chi connectivity index (χ2v) is 6.83. The largest absolute Gasteiger partial charge is 0.398 e. The van der Waals surface area contributed by atoms with Crippen molar-refractivity contribution in [1.82, 2.24) is 9.62 Å². The third-order valence-corrected chi connectivity index (χ3v) is 5.36. The van der Waals surface area contributed by atoms with Crippen molar-refractivity contribution in [3.63, 3.8) is 0 Å². The molecule has 0 radical (unpaired) electrons. The summed E-state index contributed by atoms with van der Waals surface area (Å²) < 4.78 is 27.3. The molecule has 1 aromatic rings. The van der Waals surface area contributed by atoms with Crippen molar-refractivity contribution in [3.8, 4) is 0 Å². The predicted molar refractivity (Wildman–Crippen MR) is 76.4 cm³/mol. The molecule has 0 aliphatic carbocycles. The second kappa shape index (κ2) is 5.48. The molecule has 5 nitrogen and oxygen atoms in total. The molecule has 0 bridgehead atoms. The molecule has 1 fully saturated rings. The van der Waals surface area contributed by atoms with Gasteiger partial charge < -0.3 is 10.6 Å². The van der Waals surface area contributed by atoms with Gasteiger partial charge in [0.25, 0.3) is 0 Å². The fraction of sp³-hybridized carbons (Fsp3) is 0.538. The van der Waals surface area contributed by atoms with E-state index in [9.17, 15) is 8.42 Å². The molecular weight excluding hydrogens is 262 g/mol. The van der Waals surface area contributed by atoms with E-state index in [1.807, 2.05) is 7.05 Å². The molecule has 0 aromatic heterocycles. The highest BCUT2D eigenvalue weighted by molar-refractivity contribution is 7.89. The zero-order valence-corrected chi connectivity index (χ0v) is 12.2. The lowest BCUT2D eigenvalue weighted by atomic mass is 10.2. The molecule has 1 aliphatic rings. The van der Waals surface area contributed by atoms with E-state index >= 15 is 0 Å². The van der Waals surface area contributed by atoms with Gasteiger partial charge >= 0.3 is 0 Å². The smallest absolute Gasteiger partial charge is 0.240 e. The molecular formula is C13H21N3O2S. The van der Waals surface area contributed by atoms with E-state index < -0.39 is 10.0 Å². The first kappa shape index (κ1) is 14.3. The Labute approximate surface area is 114 Å². The Morgan fingerprint density at radius 1 is 1.47 bits per heavy atom. The number of nitrogens with zero attached hydrogens (tertiary/aromatic N) is 1. The zero-order chi connectivity index (χ0) is 14.0. The maximum atomic E-state index is 12.3. The van der Waals surface area contributed by atoms with Crippen LogP contribution < -0.4 is 10.5 Å². The van der Waals surface area contributed by atoms with Crippen molar-refractivity contribution in [2.24, 2.45) is 0 Å². The van der Waals surface area contributed by atoms with Crippen LogP contribution in [0.3, 0.4) is 0 Å². The minimum atomic E-state index is -3.48. The highest BCUT2D eigenvalue weighted by atomic mass is 32.2. The van der Waals surface area contributed by atoms with Crippen LogP contribution in [0.25, 0.3) is 0 Å². The third-order valence-electron chi connectivity index (χ3n) is 3.80. The minimum Gasteiger partial charge on any atom is -0.398 e. The molecule has 0 saturated carbocycles. The summed E-state index contributed by atoms with van der Waals surface area (Å²) in [7, 11) is -1.46. The van der Waals surface area contributed by atoms with E-state index in [4.69, 9.17) is 5.73 Å². The maximum Gasteiger partial charge on any atom is 0.240 e. The number of likely N-dealkylation sites (N-methyl/N-ethyl adjacent to an activating group) is 1. The van der Waals surface area contributed by atoms with Crippen molar-refractivity contribution in [3.05, 3.63) is 23.8 Å². The molecule has 106 valence electrons. The predicted octanol–water partition coefficient (Wildman–Crippen LogP) is 0.950. The second-order valence-electron chi connectivity index (χ2n) is 5.10. The Hall–Kier alpha value is -1.11. The van der Waals surface area contributed by atoms with Gasteiger partial charge in [-0.05, 0) is 51.1 Å². The van der Waals surface area contributed by atoms with E-state index in [0.29, 0.717) is 17.8 Å². The highest BCUT2D eigenvalue weighted by Crippen LogP contribution is 2.21. The molecule has 1 heterocycles.